The van der Waals surface area contributed by atoms with E-state index in [0.29, 0.717) is 12.5 Å². The van der Waals surface area contributed by atoms with Crippen molar-refractivity contribution in [1.29, 1.82) is 0 Å². The molecule has 0 saturated heterocycles. The van der Waals surface area contributed by atoms with Gasteiger partial charge in [0.15, 0.2) is 0 Å². The first-order valence-electron chi connectivity index (χ1n) is 6.27. The van der Waals surface area contributed by atoms with Gasteiger partial charge in [0, 0.05) is 25.7 Å². The standard InChI is InChI=1S/C13H18FN5/c1-9(2)16-13(6-11-8-19(3)18-17-11)12-5-4-10(14)7-15-12/h4-5,7-9,13,16H,6H2,1-3H3. The predicted molar refractivity (Wildman–Crippen MR) is 69.9 cm³/mol. The topological polar surface area (TPSA) is 55.6 Å². The lowest BCUT2D eigenvalue weighted by Gasteiger charge is -2.19. The zero-order chi connectivity index (χ0) is 13.8. The van der Waals surface area contributed by atoms with Crippen molar-refractivity contribution in [2.75, 3.05) is 0 Å². The monoisotopic (exact) mass is 263 g/mol. The number of hydrogen-bond donors (Lipinski definition) is 1. The number of hydrogen-bond acceptors (Lipinski definition) is 4. The maximum absolute atomic E-state index is 12.9. The Hall–Kier alpha value is -1.82. The molecule has 0 aliphatic heterocycles. The molecule has 1 unspecified atom stereocenters. The summed E-state index contributed by atoms with van der Waals surface area (Å²) in [7, 11) is 1.83. The smallest absolute Gasteiger partial charge is 0.141 e. The van der Waals surface area contributed by atoms with Crippen LogP contribution in [0.25, 0.3) is 0 Å². The van der Waals surface area contributed by atoms with E-state index in [4.69, 9.17) is 0 Å². The van der Waals surface area contributed by atoms with Gasteiger partial charge in [0.1, 0.15) is 5.82 Å². The van der Waals surface area contributed by atoms with Gasteiger partial charge in [-0.05, 0) is 12.1 Å². The van der Waals surface area contributed by atoms with Gasteiger partial charge in [-0.3, -0.25) is 9.67 Å². The normalized spacial score (nSPS) is 12.9. The highest BCUT2D eigenvalue weighted by molar-refractivity contribution is 5.13. The van der Waals surface area contributed by atoms with Gasteiger partial charge in [-0.1, -0.05) is 19.1 Å². The van der Waals surface area contributed by atoms with Gasteiger partial charge in [0.05, 0.1) is 23.6 Å². The molecule has 0 fully saturated rings. The fourth-order valence-electron chi connectivity index (χ4n) is 1.94. The lowest BCUT2D eigenvalue weighted by molar-refractivity contribution is 0.461. The molecule has 0 saturated carbocycles. The molecule has 2 rings (SSSR count). The predicted octanol–water partition coefficient (Wildman–Crippen LogP) is 1.63. The molecule has 102 valence electrons. The third-order valence-corrected chi connectivity index (χ3v) is 2.71. The minimum Gasteiger partial charge on any atom is -0.306 e. The van der Waals surface area contributed by atoms with Crippen LogP contribution < -0.4 is 5.32 Å². The Balaban J connectivity index is 2.17. The quantitative estimate of drug-likeness (QED) is 0.891. The van der Waals surface area contributed by atoms with E-state index in [1.54, 1.807) is 10.7 Å². The molecule has 0 aromatic carbocycles. The molecule has 2 heterocycles. The molecule has 2 aromatic heterocycles. The molecule has 19 heavy (non-hydrogen) atoms. The molecule has 0 spiro atoms. The van der Waals surface area contributed by atoms with Crippen molar-refractivity contribution >= 4 is 0 Å². The lowest BCUT2D eigenvalue weighted by Crippen LogP contribution is -2.30. The van der Waals surface area contributed by atoms with Crippen LogP contribution in [0.4, 0.5) is 4.39 Å². The van der Waals surface area contributed by atoms with Gasteiger partial charge in [0.25, 0.3) is 0 Å². The Morgan fingerprint density at radius 3 is 2.68 bits per heavy atom. The van der Waals surface area contributed by atoms with E-state index in [9.17, 15) is 4.39 Å². The summed E-state index contributed by atoms with van der Waals surface area (Å²) in [5, 5.41) is 11.4. The Morgan fingerprint density at radius 1 is 1.37 bits per heavy atom. The molecule has 6 heteroatoms. The second kappa shape index (κ2) is 5.88. The van der Waals surface area contributed by atoms with Crippen LogP contribution in [0.1, 0.15) is 31.3 Å². The van der Waals surface area contributed by atoms with Crippen molar-refractivity contribution in [3.63, 3.8) is 0 Å². The highest BCUT2D eigenvalue weighted by atomic mass is 19.1. The van der Waals surface area contributed by atoms with Crippen LogP contribution >= 0.6 is 0 Å². The highest BCUT2D eigenvalue weighted by Gasteiger charge is 2.16. The van der Waals surface area contributed by atoms with Crippen molar-refractivity contribution in [3.8, 4) is 0 Å². The number of nitrogens with zero attached hydrogens (tertiary/aromatic N) is 4. The van der Waals surface area contributed by atoms with Gasteiger partial charge in [-0.15, -0.1) is 5.10 Å². The molecule has 2 aromatic rings. The van der Waals surface area contributed by atoms with Crippen molar-refractivity contribution in [1.82, 2.24) is 25.3 Å². The lowest BCUT2D eigenvalue weighted by atomic mass is 10.1. The summed E-state index contributed by atoms with van der Waals surface area (Å²) in [6, 6.07) is 3.42. The van der Waals surface area contributed by atoms with Crippen molar-refractivity contribution in [2.45, 2.75) is 32.4 Å². The van der Waals surface area contributed by atoms with Crippen LogP contribution in [-0.4, -0.2) is 26.0 Å². The largest absolute Gasteiger partial charge is 0.306 e. The molecule has 0 amide bonds. The van der Waals surface area contributed by atoms with Gasteiger partial charge in [0.2, 0.25) is 0 Å². The summed E-state index contributed by atoms with van der Waals surface area (Å²) in [6.07, 6.45) is 3.78. The Labute approximate surface area is 111 Å². The van der Waals surface area contributed by atoms with E-state index < -0.39 is 0 Å². The summed E-state index contributed by atoms with van der Waals surface area (Å²) in [5.41, 5.74) is 1.69. The van der Waals surface area contributed by atoms with Crippen LogP contribution in [0.3, 0.4) is 0 Å². The molecule has 1 atom stereocenters. The molecule has 0 radical (unpaired) electrons. The summed E-state index contributed by atoms with van der Waals surface area (Å²) in [6.45, 7) is 4.13. The van der Waals surface area contributed by atoms with Crippen molar-refractivity contribution in [3.05, 3.63) is 41.7 Å². The number of aromatic nitrogens is 4. The number of halogens is 1. The molecule has 0 bridgehead atoms. The van der Waals surface area contributed by atoms with Crippen LogP contribution in [0.2, 0.25) is 0 Å². The molecular weight excluding hydrogens is 245 g/mol. The first-order chi connectivity index (χ1) is 9.04. The van der Waals surface area contributed by atoms with E-state index in [-0.39, 0.29) is 11.9 Å². The average molecular weight is 263 g/mol. The van der Waals surface area contributed by atoms with Crippen LogP contribution in [-0.2, 0) is 13.5 Å². The average Bonchev–Trinajstić information content (AvgIpc) is 2.74. The molecule has 5 nitrogen and oxygen atoms in total. The van der Waals surface area contributed by atoms with Gasteiger partial charge >= 0.3 is 0 Å². The molecule has 0 aliphatic carbocycles. The molecule has 1 N–H and O–H groups in total. The maximum atomic E-state index is 12.9. The second-order valence-electron chi connectivity index (χ2n) is 4.86. The van der Waals surface area contributed by atoms with Crippen LogP contribution in [0.5, 0.6) is 0 Å². The number of pyridine rings is 1. The zero-order valence-corrected chi connectivity index (χ0v) is 11.3. The summed E-state index contributed by atoms with van der Waals surface area (Å²) in [5.74, 6) is -0.327. The number of aryl methyl sites for hydroxylation is 1. The van der Waals surface area contributed by atoms with Crippen LogP contribution in [0, 0.1) is 5.82 Å². The SMILES string of the molecule is CC(C)NC(Cc1cn(C)nn1)c1ccc(F)cn1. The fourth-order valence-corrected chi connectivity index (χ4v) is 1.94. The maximum Gasteiger partial charge on any atom is 0.141 e. The Kier molecular flexibility index (Phi) is 4.21. The van der Waals surface area contributed by atoms with Crippen molar-refractivity contribution < 1.29 is 4.39 Å². The van der Waals surface area contributed by atoms with E-state index in [1.165, 1.54) is 12.3 Å². The molecule has 0 aliphatic rings. The number of rotatable bonds is 5. The number of nitrogens with one attached hydrogen (secondary N) is 1. The first-order valence-corrected chi connectivity index (χ1v) is 6.27. The third-order valence-electron chi connectivity index (χ3n) is 2.71. The Bertz CT molecular complexity index is 520. The second-order valence-corrected chi connectivity index (χ2v) is 4.86. The molecular formula is C13H18FN5. The van der Waals surface area contributed by atoms with Crippen molar-refractivity contribution in [2.24, 2.45) is 7.05 Å². The van der Waals surface area contributed by atoms with E-state index in [1.807, 2.05) is 13.2 Å². The van der Waals surface area contributed by atoms with E-state index in [0.717, 1.165) is 11.4 Å². The van der Waals surface area contributed by atoms with E-state index in [2.05, 4.69) is 34.5 Å². The van der Waals surface area contributed by atoms with Gasteiger partial charge in [-0.2, -0.15) is 0 Å². The minimum absolute atomic E-state index is 0.00250. The summed E-state index contributed by atoms with van der Waals surface area (Å²) >= 11 is 0. The minimum atomic E-state index is -0.327. The third kappa shape index (κ3) is 3.82. The van der Waals surface area contributed by atoms with Crippen LogP contribution in [0.15, 0.2) is 24.5 Å². The van der Waals surface area contributed by atoms with Gasteiger partial charge < -0.3 is 5.32 Å². The summed E-state index contributed by atoms with van der Waals surface area (Å²) < 4.78 is 14.6. The first kappa shape index (κ1) is 13.6. The van der Waals surface area contributed by atoms with Gasteiger partial charge in [-0.25, -0.2) is 4.39 Å². The summed E-state index contributed by atoms with van der Waals surface area (Å²) in [4.78, 5) is 4.14. The highest BCUT2D eigenvalue weighted by Crippen LogP contribution is 2.16. The van der Waals surface area contributed by atoms with E-state index >= 15 is 0 Å². The zero-order valence-electron chi connectivity index (χ0n) is 11.3. The fraction of sp³-hybridized carbons (Fsp3) is 0.462. The Morgan fingerprint density at radius 2 is 2.16 bits per heavy atom.